The Hall–Kier alpha value is -0.870. The summed E-state index contributed by atoms with van der Waals surface area (Å²) in [6.07, 6.45) is 4.00. The lowest BCUT2D eigenvalue weighted by Crippen LogP contribution is -2.44. The molecule has 1 rings (SSSR count). The van der Waals surface area contributed by atoms with E-state index in [-0.39, 0.29) is 12.1 Å². The second-order valence-corrected chi connectivity index (χ2v) is 4.97. The summed E-state index contributed by atoms with van der Waals surface area (Å²) in [7, 11) is 0. The third kappa shape index (κ3) is 3.82. The Morgan fingerprint density at radius 1 is 1.53 bits per heavy atom. The van der Waals surface area contributed by atoms with Gasteiger partial charge in [0.2, 0.25) is 0 Å². The predicted octanol–water partition coefficient (Wildman–Crippen LogP) is 2.10. The smallest absolute Gasteiger partial charge is 0.0762 e. The topological polar surface area (TPSA) is 50.1 Å². The monoisotopic (exact) mass is 239 g/mol. The highest BCUT2D eigenvalue weighted by Gasteiger charge is 2.20. The maximum absolute atomic E-state index is 9.31. The molecular formula is C13H25N3O. The molecule has 0 saturated heterocycles. The second-order valence-electron chi connectivity index (χ2n) is 4.97. The number of hydrogen-bond donors (Lipinski definition) is 2. The molecule has 1 heterocycles. The summed E-state index contributed by atoms with van der Waals surface area (Å²) >= 11 is 0. The molecule has 2 N–H and O–H groups in total. The van der Waals surface area contributed by atoms with Gasteiger partial charge >= 0.3 is 0 Å². The molecular weight excluding hydrogens is 214 g/mol. The fourth-order valence-corrected chi connectivity index (χ4v) is 1.50. The van der Waals surface area contributed by atoms with Crippen LogP contribution in [-0.2, 0) is 6.54 Å². The molecule has 0 aliphatic rings. The lowest BCUT2D eigenvalue weighted by Gasteiger charge is -2.26. The maximum Gasteiger partial charge on any atom is 0.0762 e. The Morgan fingerprint density at radius 3 is 2.76 bits per heavy atom. The van der Waals surface area contributed by atoms with E-state index in [1.165, 1.54) is 0 Å². The third-order valence-electron chi connectivity index (χ3n) is 3.53. The zero-order chi connectivity index (χ0) is 12.9. The van der Waals surface area contributed by atoms with E-state index in [9.17, 15) is 5.11 Å². The second kappa shape index (κ2) is 6.17. The van der Waals surface area contributed by atoms with Crippen molar-refractivity contribution in [2.45, 2.75) is 58.7 Å². The summed E-state index contributed by atoms with van der Waals surface area (Å²) in [5.74, 6) is 0. The normalized spacial score (nSPS) is 16.8. The first kappa shape index (κ1) is 14.2. The Morgan fingerprint density at radius 2 is 2.24 bits per heavy atom. The molecule has 0 bridgehead atoms. The Bertz CT molecular complexity index is 331. The molecule has 0 fully saturated rings. The van der Waals surface area contributed by atoms with Crippen molar-refractivity contribution >= 4 is 0 Å². The van der Waals surface area contributed by atoms with Crippen LogP contribution >= 0.6 is 0 Å². The van der Waals surface area contributed by atoms with Crippen LogP contribution in [0.25, 0.3) is 0 Å². The first-order chi connectivity index (χ1) is 8.04. The van der Waals surface area contributed by atoms with Gasteiger partial charge in [-0.2, -0.15) is 5.10 Å². The number of rotatable bonds is 7. The number of nitrogens with one attached hydrogen (secondary N) is 1. The number of nitrogens with zero attached hydrogens (tertiary/aromatic N) is 2. The molecule has 0 spiro atoms. The molecule has 98 valence electrons. The zero-order valence-corrected chi connectivity index (χ0v) is 11.4. The summed E-state index contributed by atoms with van der Waals surface area (Å²) in [6, 6.07) is 2.48. The van der Waals surface area contributed by atoms with Gasteiger partial charge in [-0.05, 0) is 32.8 Å². The Balaban J connectivity index is 2.55. The van der Waals surface area contributed by atoms with Crippen LogP contribution in [0.3, 0.4) is 0 Å². The van der Waals surface area contributed by atoms with Gasteiger partial charge in [0.25, 0.3) is 0 Å². The van der Waals surface area contributed by atoms with Crippen LogP contribution < -0.4 is 5.32 Å². The van der Waals surface area contributed by atoms with Crippen molar-refractivity contribution in [1.82, 2.24) is 15.1 Å². The fraction of sp³-hybridized carbons (Fsp3) is 0.769. The van der Waals surface area contributed by atoms with Crippen LogP contribution in [0.1, 0.15) is 52.3 Å². The first-order valence-electron chi connectivity index (χ1n) is 6.44. The largest absolute Gasteiger partial charge is 0.394 e. The average Bonchev–Trinajstić information content (AvgIpc) is 2.84. The van der Waals surface area contributed by atoms with Crippen molar-refractivity contribution in [2.75, 3.05) is 6.61 Å². The van der Waals surface area contributed by atoms with Crippen molar-refractivity contribution in [3.63, 3.8) is 0 Å². The van der Waals surface area contributed by atoms with E-state index >= 15 is 0 Å². The number of aliphatic hydroxyl groups is 1. The molecule has 1 aromatic rings. The van der Waals surface area contributed by atoms with Crippen molar-refractivity contribution in [1.29, 1.82) is 0 Å². The average molecular weight is 239 g/mol. The van der Waals surface area contributed by atoms with Crippen LogP contribution in [0, 0.1) is 0 Å². The van der Waals surface area contributed by atoms with Crippen LogP contribution in [0.15, 0.2) is 12.3 Å². The molecule has 0 aliphatic heterocycles. The van der Waals surface area contributed by atoms with E-state index in [1.807, 2.05) is 23.9 Å². The highest BCUT2D eigenvalue weighted by Crippen LogP contribution is 2.11. The molecule has 2 atom stereocenters. The minimum Gasteiger partial charge on any atom is -0.394 e. The maximum atomic E-state index is 9.31. The summed E-state index contributed by atoms with van der Waals surface area (Å²) in [5.41, 5.74) is 0.818. The quantitative estimate of drug-likeness (QED) is 0.766. The molecule has 17 heavy (non-hydrogen) atoms. The SMILES string of the molecule is CCC(C)n1ccc(CNC(C)(CC)CO)n1. The fourth-order valence-electron chi connectivity index (χ4n) is 1.50. The minimum absolute atomic E-state index is 0.148. The van der Waals surface area contributed by atoms with Crippen LogP contribution in [0.4, 0.5) is 0 Å². The summed E-state index contributed by atoms with van der Waals surface area (Å²) in [4.78, 5) is 0. The first-order valence-corrected chi connectivity index (χ1v) is 6.44. The van der Waals surface area contributed by atoms with Gasteiger partial charge in [0.1, 0.15) is 0 Å². The van der Waals surface area contributed by atoms with E-state index in [1.54, 1.807) is 0 Å². The molecule has 0 aliphatic carbocycles. The van der Waals surface area contributed by atoms with E-state index < -0.39 is 0 Å². The molecule has 0 radical (unpaired) electrons. The Kier molecular flexibility index (Phi) is 5.15. The lowest BCUT2D eigenvalue weighted by atomic mass is 10.0. The van der Waals surface area contributed by atoms with E-state index in [4.69, 9.17) is 0 Å². The van der Waals surface area contributed by atoms with Crippen LogP contribution in [0.5, 0.6) is 0 Å². The standard InChI is InChI=1S/C13H25N3O/c1-5-11(3)16-8-7-12(15-16)9-14-13(4,6-2)10-17/h7-8,11,14,17H,5-6,9-10H2,1-4H3. The predicted molar refractivity (Wildman–Crippen MR) is 69.9 cm³/mol. The van der Waals surface area contributed by atoms with Crippen molar-refractivity contribution in [2.24, 2.45) is 0 Å². The molecule has 0 saturated carbocycles. The minimum atomic E-state index is -0.208. The highest BCUT2D eigenvalue weighted by atomic mass is 16.3. The van der Waals surface area contributed by atoms with Crippen molar-refractivity contribution < 1.29 is 5.11 Å². The van der Waals surface area contributed by atoms with Gasteiger partial charge in [-0.25, -0.2) is 0 Å². The summed E-state index contributed by atoms with van der Waals surface area (Å²) in [6.45, 7) is 9.27. The van der Waals surface area contributed by atoms with Crippen molar-refractivity contribution in [3.8, 4) is 0 Å². The van der Waals surface area contributed by atoms with E-state index in [2.05, 4.69) is 31.2 Å². The molecule has 2 unspecified atom stereocenters. The molecule has 1 aromatic heterocycles. The van der Waals surface area contributed by atoms with Gasteiger partial charge in [-0.1, -0.05) is 13.8 Å². The van der Waals surface area contributed by atoms with Gasteiger partial charge < -0.3 is 10.4 Å². The highest BCUT2D eigenvalue weighted by molar-refractivity contribution is 5.00. The van der Waals surface area contributed by atoms with Crippen LogP contribution in [-0.4, -0.2) is 27.0 Å². The zero-order valence-electron chi connectivity index (χ0n) is 11.4. The molecule has 4 nitrogen and oxygen atoms in total. The van der Waals surface area contributed by atoms with E-state index in [0.717, 1.165) is 18.5 Å². The molecule has 0 aromatic carbocycles. The summed E-state index contributed by atoms with van der Waals surface area (Å²) < 4.78 is 2.00. The lowest BCUT2D eigenvalue weighted by molar-refractivity contribution is 0.168. The van der Waals surface area contributed by atoms with Gasteiger partial charge in [-0.3, -0.25) is 4.68 Å². The number of aromatic nitrogens is 2. The van der Waals surface area contributed by atoms with Gasteiger partial charge in [-0.15, -0.1) is 0 Å². The number of hydrogen-bond acceptors (Lipinski definition) is 3. The van der Waals surface area contributed by atoms with E-state index in [0.29, 0.717) is 12.6 Å². The van der Waals surface area contributed by atoms with Gasteiger partial charge in [0.05, 0.1) is 12.3 Å². The van der Waals surface area contributed by atoms with Gasteiger partial charge in [0.15, 0.2) is 0 Å². The summed E-state index contributed by atoms with van der Waals surface area (Å²) in [5, 5.41) is 17.2. The molecule has 4 heteroatoms. The Labute approximate surface area is 104 Å². The third-order valence-corrected chi connectivity index (χ3v) is 3.53. The molecule has 0 amide bonds. The van der Waals surface area contributed by atoms with Crippen LogP contribution in [0.2, 0.25) is 0 Å². The van der Waals surface area contributed by atoms with Gasteiger partial charge in [0, 0.05) is 24.3 Å². The number of aliphatic hydroxyl groups excluding tert-OH is 1. The van der Waals surface area contributed by atoms with Crippen molar-refractivity contribution in [3.05, 3.63) is 18.0 Å².